The van der Waals surface area contributed by atoms with Gasteiger partial charge in [0.05, 0.1) is 6.10 Å². The summed E-state index contributed by atoms with van der Waals surface area (Å²) in [5.74, 6) is -0.250. The lowest BCUT2D eigenvalue weighted by molar-refractivity contribution is 0.199. The second-order valence-electron chi connectivity index (χ2n) is 4.31. The maximum atomic E-state index is 13.2. The van der Waals surface area contributed by atoms with E-state index in [-0.39, 0.29) is 5.82 Å². The first-order valence-corrected chi connectivity index (χ1v) is 5.85. The van der Waals surface area contributed by atoms with Gasteiger partial charge in [0.25, 0.3) is 0 Å². The van der Waals surface area contributed by atoms with Gasteiger partial charge >= 0.3 is 0 Å². The van der Waals surface area contributed by atoms with Gasteiger partial charge in [-0.3, -0.25) is 0 Å². The molecule has 3 heteroatoms. The Hall–Kier alpha value is -1.87. The van der Waals surface area contributed by atoms with Crippen LogP contribution in [0.3, 0.4) is 0 Å². The zero-order valence-electron chi connectivity index (χ0n) is 10.5. The molecule has 1 atom stereocenters. The minimum Gasteiger partial charge on any atom is -0.389 e. The van der Waals surface area contributed by atoms with Crippen molar-refractivity contribution in [2.75, 3.05) is 11.9 Å². The molecule has 0 aromatic heterocycles. The Balaban J connectivity index is 2.26. The SMILES string of the molecule is C[C@@H](O)c1ccc(N(C)c2cccc(F)c2)cc1. The Morgan fingerprint density at radius 2 is 1.72 bits per heavy atom. The molecule has 0 saturated heterocycles. The highest BCUT2D eigenvalue weighted by Crippen LogP contribution is 2.25. The van der Waals surface area contributed by atoms with E-state index in [2.05, 4.69) is 0 Å². The van der Waals surface area contributed by atoms with Crippen LogP contribution in [0.1, 0.15) is 18.6 Å². The van der Waals surface area contributed by atoms with E-state index in [9.17, 15) is 9.50 Å². The third kappa shape index (κ3) is 2.68. The molecule has 0 aliphatic rings. The number of halogens is 1. The van der Waals surface area contributed by atoms with E-state index in [1.165, 1.54) is 12.1 Å². The highest BCUT2D eigenvalue weighted by atomic mass is 19.1. The molecule has 0 saturated carbocycles. The minimum absolute atomic E-state index is 0.250. The summed E-state index contributed by atoms with van der Waals surface area (Å²) in [5.41, 5.74) is 2.61. The molecular weight excluding hydrogens is 229 g/mol. The van der Waals surface area contributed by atoms with E-state index in [4.69, 9.17) is 0 Å². The average Bonchev–Trinajstić information content (AvgIpc) is 2.38. The summed E-state index contributed by atoms with van der Waals surface area (Å²) < 4.78 is 13.2. The Morgan fingerprint density at radius 1 is 1.06 bits per heavy atom. The summed E-state index contributed by atoms with van der Waals surface area (Å²) in [6, 6.07) is 14.0. The van der Waals surface area contributed by atoms with Crippen LogP contribution in [0, 0.1) is 5.82 Å². The van der Waals surface area contributed by atoms with Crippen molar-refractivity contribution in [3.05, 3.63) is 59.9 Å². The fraction of sp³-hybridized carbons (Fsp3) is 0.200. The maximum Gasteiger partial charge on any atom is 0.125 e. The number of hydrogen-bond acceptors (Lipinski definition) is 2. The predicted octanol–water partition coefficient (Wildman–Crippen LogP) is 3.65. The van der Waals surface area contributed by atoms with Crippen molar-refractivity contribution in [3.63, 3.8) is 0 Å². The van der Waals surface area contributed by atoms with Crippen LogP contribution >= 0.6 is 0 Å². The van der Waals surface area contributed by atoms with Crippen molar-refractivity contribution in [1.29, 1.82) is 0 Å². The smallest absolute Gasteiger partial charge is 0.125 e. The van der Waals surface area contributed by atoms with Gasteiger partial charge in [0.1, 0.15) is 5.82 Å². The number of aliphatic hydroxyl groups excluding tert-OH is 1. The van der Waals surface area contributed by atoms with Gasteiger partial charge in [0.2, 0.25) is 0 Å². The molecule has 2 aromatic rings. The third-order valence-electron chi connectivity index (χ3n) is 2.96. The molecule has 1 N–H and O–H groups in total. The number of anilines is 2. The standard InChI is InChI=1S/C15H16FNO/c1-11(18)12-6-8-14(9-7-12)17(2)15-5-3-4-13(16)10-15/h3-11,18H,1-2H3/t11-/m1/s1. The lowest BCUT2D eigenvalue weighted by atomic mass is 10.1. The first-order valence-electron chi connectivity index (χ1n) is 5.85. The number of hydrogen-bond donors (Lipinski definition) is 1. The fourth-order valence-electron chi connectivity index (χ4n) is 1.81. The summed E-state index contributed by atoms with van der Waals surface area (Å²) in [6.45, 7) is 1.73. The molecule has 0 aliphatic heterocycles. The molecule has 0 aliphatic carbocycles. The average molecular weight is 245 g/mol. The van der Waals surface area contributed by atoms with Crippen LogP contribution in [0.25, 0.3) is 0 Å². The van der Waals surface area contributed by atoms with Gasteiger partial charge in [0, 0.05) is 18.4 Å². The molecule has 0 heterocycles. The van der Waals surface area contributed by atoms with E-state index in [0.717, 1.165) is 16.9 Å². The van der Waals surface area contributed by atoms with Gasteiger partial charge < -0.3 is 10.0 Å². The molecule has 18 heavy (non-hydrogen) atoms. The molecule has 0 amide bonds. The minimum atomic E-state index is -0.474. The highest BCUT2D eigenvalue weighted by molar-refractivity contribution is 5.62. The second-order valence-corrected chi connectivity index (χ2v) is 4.31. The van der Waals surface area contributed by atoms with Gasteiger partial charge in [-0.1, -0.05) is 18.2 Å². The van der Waals surface area contributed by atoms with Crippen molar-refractivity contribution in [1.82, 2.24) is 0 Å². The largest absolute Gasteiger partial charge is 0.389 e. The van der Waals surface area contributed by atoms with Crippen molar-refractivity contribution < 1.29 is 9.50 Å². The second kappa shape index (κ2) is 5.19. The number of aliphatic hydroxyl groups is 1. The van der Waals surface area contributed by atoms with Crippen molar-refractivity contribution in [2.45, 2.75) is 13.0 Å². The monoisotopic (exact) mass is 245 g/mol. The highest BCUT2D eigenvalue weighted by Gasteiger charge is 2.06. The lowest BCUT2D eigenvalue weighted by Gasteiger charge is -2.20. The van der Waals surface area contributed by atoms with Gasteiger partial charge in [-0.2, -0.15) is 0 Å². The summed E-state index contributed by atoms with van der Waals surface area (Å²) in [4.78, 5) is 1.90. The Bertz CT molecular complexity index is 522. The Morgan fingerprint density at radius 3 is 2.28 bits per heavy atom. The molecule has 2 rings (SSSR count). The van der Waals surface area contributed by atoms with Gasteiger partial charge in [-0.25, -0.2) is 4.39 Å². The van der Waals surface area contributed by atoms with Gasteiger partial charge in [0.15, 0.2) is 0 Å². The summed E-state index contributed by atoms with van der Waals surface area (Å²) in [7, 11) is 1.88. The topological polar surface area (TPSA) is 23.5 Å². The van der Waals surface area contributed by atoms with E-state index in [1.807, 2.05) is 42.3 Å². The maximum absolute atomic E-state index is 13.2. The lowest BCUT2D eigenvalue weighted by Crippen LogP contribution is -2.09. The Kier molecular flexibility index (Phi) is 3.63. The molecule has 0 fully saturated rings. The molecule has 94 valence electrons. The van der Waals surface area contributed by atoms with E-state index >= 15 is 0 Å². The molecule has 0 bridgehead atoms. The zero-order chi connectivity index (χ0) is 13.1. The summed E-state index contributed by atoms with van der Waals surface area (Å²) in [6.07, 6.45) is -0.474. The van der Waals surface area contributed by atoms with Crippen LogP contribution < -0.4 is 4.90 Å². The first kappa shape index (κ1) is 12.6. The molecule has 0 spiro atoms. The quantitative estimate of drug-likeness (QED) is 0.892. The number of rotatable bonds is 3. The fourth-order valence-corrected chi connectivity index (χ4v) is 1.81. The summed E-state index contributed by atoms with van der Waals surface area (Å²) >= 11 is 0. The summed E-state index contributed by atoms with van der Waals surface area (Å²) in [5, 5.41) is 9.44. The molecule has 2 aromatic carbocycles. The van der Waals surface area contributed by atoms with Crippen LogP contribution in [0.4, 0.5) is 15.8 Å². The number of benzene rings is 2. The molecule has 2 nitrogen and oxygen atoms in total. The van der Waals surface area contributed by atoms with Crippen molar-refractivity contribution in [3.8, 4) is 0 Å². The van der Waals surface area contributed by atoms with Crippen LogP contribution in [-0.4, -0.2) is 12.2 Å². The van der Waals surface area contributed by atoms with Crippen LogP contribution in [0.5, 0.6) is 0 Å². The van der Waals surface area contributed by atoms with Crippen LogP contribution in [0.2, 0.25) is 0 Å². The number of nitrogens with zero attached hydrogens (tertiary/aromatic N) is 1. The predicted molar refractivity (Wildman–Crippen MR) is 71.5 cm³/mol. The first-order chi connectivity index (χ1) is 8.58. The zero-order valence-corrected chi connectivity index (χ0v) is 10.5. The van der Waals surface area contributed by atoms with Crippen molar-refractivity contribution >= 4 is 11.4 Å². The Labute approximate surface area is 106 Å². The van der Waals surface area contributed by atoms with Gasteiger partial charge in [-0.05, 0) is 42.8 Å². The normalized spacial score (nSPS) is 12.2. The van der Waals surface area contributed by atoms with Crippen LogP contribution in [0.15, 0.2) is 48.5 Å². The molecule has 0 radical (unpaired) electrons. The van der Waals surface area contributed by atoms with E-state index in [1.54, 1.807) is 13.0 Å². The van der Waals surface area contributed by atoms with Crippen LogP contribution in [-0.2, 0) is 0 Å². The van der Waals surface area contributed by atoms with Gasteiger partial charge in [-0.15, -0.1) is 0 Å². The third-order valence-corrected chi connectivity index (χ3v) is 2.96. The van der Waals surface area contributed by atoms with E-state index in [0.29, 0.717) is 0 Å². The molecule has 0 unspecified atom stereocenters. The van der Waals surface area contributed by atoms with E-state index < -0.39 is 6.10 Å². The molecular formula is C15H16FNO. The van der Waals surface area contributed by atoms with Crippen molar-refractivity contribution in [2.24, 2.45) is 0 Å².